The Morgan fingerprint density at radius 1 is 1.36 bits per heavy atom. The lowest BCUT2D eigenvalue weighted by Crippen LogP contribution is -2.28. The number of thiazole rings is 1. The van der Waals surface area contributed by atoms with Gasteiger partial charge in [-0.2, -0.15) is 0 Å². The van der Waals surface area contributed by atoms with Gasteiger partial charge in [-0.15, -0.1) is 11.3 Å². The molecule has 0 spiro atoms. The third kappa shape index (κ3) is 2.53. The highest BCUT2D eigenvalue weighted by molar-refractivity contribution is 7.11. The summed E-state index contributed by atoms with van der Waals surface area (Å²) in [4.78, 5) is 8.06. The Bertz CT molecular complexity index is 279. The highest BCUT2D eigenvalue weighted by atomic mass is 32.1. The third-order valence-corrected chi connectivity index (χ3v) is 3.61. The largest absolute Gasteiger partial charge is 0.326 e. The molecule has 0 atom stereocenters. The second-order valence-corrected chi connectivity index (χ2v) is 4.96. The van der Waals surface area contributed by atoms with Gasteiger partial charge in [0.1, 0.15) is 5.01 Å². The first-order valence-electron chi connectivity index (χ1n) is 5.24. The van der Waals surface area contributed by atoms with Gasteiger partial charge in [-0.25, -0.2) is 4.98 Å². The van der Waals surface area contributed by atoms with Crippen LogP contribution in [0.15, 0.2) is 6.20 Å². The molecule has 1 fully saturated rings. The van der Waals surface area contributed by atoms with Crippen LogP contribution in [0.25, 0.3) is 0 Å². The normalized spacial score (nSPS) is 18.6. The van der Waals surface area contributed by atoms with Crippen molar-refractivity contribution >= 4 is 11.3 Å². The molecule has 1 aromatic rings. The zero-order valence-corrected chi connectivity index (χ0v) is 9.22. The Kier molecular flexibility index (Phi) is 3.50. The first kappa shape index (κ1) is 10.1. The van der Waals surface area contributed by atoms with Gasteiger partial charge in [-0.3, -0.25) is 4.90 Å². The summed E-state index contributed by atoms with van der Waals surface area (Å²) >= 11 is 1.75. The number of nitrogens with two attached hydrogens (primary N) is 1. The average molecular weight is 211 g/mol. The van der Waals surface area contributed by atoms with Gasteiger partial charge in [0.15, 0.2) is 0 Å². The fourth-order valence-corrected chi connectivity index (χ4v) is 2.67. The minimum atomic E-state index is 0.623. The van der Waals surface area contributed by atoms with Crippen molar-refractivity contribution in [3.05, 3.63) is 16.1 Å². The lowest BCUT2D eigenvalue weighted by atomic mass is 10.1. The molecule has 78 valence electrons. The molecule has 0 amide bonds. The first-order valence-corrected chi connectivity index (χ1v) is 6.06. The molecule has 0 aliphatic carbocycles. The van der Waals surface area contributed by atoms with Gasteiger partial charge in [0, 0.05) is 17.6 Å². The van der Waals surface area contributed by atoms with Crippen LogP contribution in [0.5, 0.6) is 0 Å². The lowest BCUT2D eigenvalue weighted by molar-refractivity contribution is 0.220. The summed E-state index contributed by atoms with van der Waals surface area (Å²) in [5.41, 5.74) is 5.55. The predicted molar refractivity (Wildman–Crippen MR) is 59.1 cm³/mol. The van der Waals surface area contributed by atoms with E-state index in [0.717, 1.165) is 6.54 Å². The summed E-state index contributed by atoms with van der Waals surface area (Å²) in [6.45, 7) is 4.11. The van der Waals surface area contributed by atoms with E-state index in [9.17, 15) is 0 Å². The van der Waals surface area contributed by atoms with E-state index in [4.69, 9.17) is 5.73 Å². The summed E-state index contributed by atoms with van der Waals surface area (Å²) in [6, 6.07) is 0. The zero-order valence-electron chi connectivity index (χ0n) is 8.41. The number of nitrogens with zero attached hydrogens (tertiary/aromatic N) is 2. The standard InChI is InChI=1S/C10H17N3S/c11-6-9-7-12-10(14-9)8-13-4-2-1-3-5-13/h7H,1-6,8,11H2. The highest BCUT2D eigenvalue weighted by Crippen LogP contribution is 2.17. The van der Waals surface area contributed by atoms with Crippen molar-refractivity contribution in [1.29, 1.82) is 0 Å². The molecule has 1 aromatic heterocycles. The second kappa shape index (κ2) is 4.87. The van der Waals surface area contributed by atoms with Crippen molar-refractivity contribution in [3.63, 3.8) is 0 Å². The molecule has 2 rings (SSSR count). The van der Waals surface area contributed by atoms with E-state index in [2.05, 4.69) is 9.88 Å². The summed E-state index contributed by atoms with van der Waals surface area (Å²) in [7, 11) is 0. The van der Waals surface area contributed by atoms with Gasteiger partial charge >= 0.3 is 0 Å². The van der Waals surface area contributed by atoms with Gasteiger partial charge < -0.3 is 5.73 Å². The number of hydrogen-bond acceptors (Lipinski definition) is 4. The Balaban J connectivity index is 1.89. The number of hydrogen-bond donors (Lipinski definition) is 1. The van der Waals surface area contributed by atoms with E-state index in [-0.39, 0.29) is 0 Å². The first-order chi connectivity index (χ1) is 6.88. The predicted octanol–water partition coefficient (Wildman–Crippen LogP) is 1.59. The van der Waals surface area contributed by atoms with Crippen molar-refractivity contribution in [2.75, 3.05) is 13.1 Å². The Morgan fingerprint density at radius 3 is 2.79 bits per heavy atom. The fourth-order valence-electron chi connectivity index (χ4n) is 1.82. The molecule has 1 saturated heterocycles. The van der Waals surface area contributed by atoms with Crippen LogP contribution < -0.4 is 5.73 Å². The van der Waals surface area contributed by atoms with Crippen LogP contribution in [0, 0.1) is 0 Å². The van der Waals surface area contributed by atoms with Crippen LogP contribution in [0.1, 0.15) is 29.1 Å². The van der Waals surface area contributed by atoms with Crippen LogP contribution in [-0.2, 0) is 13.1 Å². The average Bonchev–Trinajstić information content (AvgIpc) is 2.67. The molecule has 1 aliphatic rings. The molecule has 0 bridgehead atoms. The van der Waals surface area contributed by atoms with Crippen LogP contribution >= 0.6 is 11.3 Å². The summed E-state index contributed by atoms with van der Waals surface area (Å²) in [5, 5.41) is 1.22. The molecule has 0 aromatic carbocycles. The number of rotatable bonds is 3. The van der Waals surface area contributed by atoms with Crippen LogP contribution in [-0.4, -0.2) is 23.0 Å². The molecule has 4 heteroatoms. The Labute approximate surface area is 88.9 Å². The Morgan fingerprint density at radius 2 is 2.14 bits per heavy atom. The van der Waals surface area contributed by atoms with E-state index in [0.29, 0.717) is 6.54 Å². The van der Waals surface area contributed by atoms with Gasteiger partial charge in [-0.1, -0.05) is 6.42 Å². The molecule has 3 nitrogen and oxygen atoms in total. The van der Waals surface area contributed by atoms with Crippen molar-refractivity contribution in [2.24, 2.45) is 5.73 Å². The highest BCUT2D eigenvalue weighted by Gasteiger charge is 2.11. The van der Waals surface area contributed by atoms with Crippen LogP contribution in [0.2, 0.25) is 0 Å². The fraction of sp³-hybridized carbons (Fsp3) is 0.700. The topological polar surface area (TPSA) is 42.1 Å². The zero-order chi connectivity index (χ0) is 9.80. The maximum absolute atomic E-state index is 5.55. The third-order valence-electron chi connectivity index (χ3n) is 2.61. The maximum Gasteiger partial charge on any atom is 0.107 e. The monoisotopic (exact) mass is 211 g/mol. The summed E-state index contributed by atoms with van der Waals surface area (Å²) in [6.07, 6.45) is 5.98. The van der Waals surface area contributed by atoms with E-state index in [1.54, 1.807) is 11.3 Å². The van der Waals surface area contributed by atoms with Gasteiger partial charge in [0.05, 0.1) is 6.54 Å². The molecule has 1 aliphatic heterocycles. The molecule has 2 N–H and O–H groups in total. The minimum absolute atomic E-state index is 0.623. The quantitative estimate of drug-likeness (QED) is 0.825. The maximum atomic E-state index is 5.55. The second-order valence-electron chi connectivity index (χ2n) is 3.76. The molecule has 0 radical (unpaired) electrons. The van der Waals surface area contributed by atoms with Gasteiger partial charge in [-0.05, 0) is 25.9 Å². The van der Waals surface area contributed by atoms with E-state index < -0.39 is 0 Å². The molecule has 0 unspecified atom stereocenters. The van der Waals surface area contributed by atoms with E-state index >= 15 is 0 Å². The molecule has 2 heterocycles. The van der Waals surface area contributed by atoms with E-state index in [1.807, 2.05) is 6.20 Å². The minimum Gasteiger partial charge on any atom is -0.326 e. The summed E-state index contributed by atoms with van der Waals surface area (Å²) in [5.74, 6) is 0. The van der Waals surface area contributed by atoms with Gasteiger partial charge in [0.25, 0.3) is 0 Å². The van der Waals surface area contributed by atoms with Crippen LogP contribution in [0.4, 0.5) is 0 Å². The SMILES string of the molecule is NCc1cnc(CN2CCCCC2)s1. The van der Waals surface area contributed by atoms with Gasteiger partial charge in [0.2, 0.25) is 0 Å². The summed E-state index contributed by atoms with van der Waals surface area (Å²) < 4.78 is 0. The molecular formula is C10H17N3S. The van der Waals surface area contributed by atoms with Crippen molar-refractivity contribution in [2.45, 2.75) is 32.4 Å². The number of aromatic nitrogens is 1. The lowest BCUT2D eigenvalue weighted by Gasteiger charge is -2.25. The van der Waals surface area contributed by atoms with Crippen molar-refractivity contribution in [1.82, 2.24) is 9.88 Å². The molecular weight excluding hydrogens is 194 g/mol. The molecule has 14 heavy (non-hydrogen) atoms. The van der Waals surface area contributed by atoms with Crippen molar-refractivity contribution in [3.8, 4) is 0 Å². The number of likely N-dealkylation sites (tertiary alicyclic amines) is 1. The molecule has 0 saturated carbocycles. The van der Waals surface area contributed by atoms with E-state index in [1.165, 1.54) is 42.2 Å². The number of piperidine rings is 1. The van der Waals surface area contributed by atoms with Crippen LogP contribution in [0.3, 0.4) is 0 Å². The van der Waals surface area contributed by atoms with Crippen molar-refractivity contribution < 1.29 is 0 Å². The Hall–Kier alpha value is -0.450. The smallest absolute Gasteiger partial charge is 0.107 e.